The molecular formula is C23H26FN5O. The van der Waals surface area contributed by atoms with Crippen LogP contribution in [0.5, 0.6) is 0 Å². The molecule has 0 unspecified atom stereocenters. The molecular weight excluding hydrogens is 381 g/mol. The molecule has 3 heterocycles. The highest BCUT2D eigenvalue weighted by molar-refractivity contribution is 5.96. The lowest BCUT2D eigenvalue weighted by molar-refractivity contribution is 0.579. The number of pyridine rings is 1. The van der Waals surface area contributed by atoms with Gasteiger partial charge >= 0.3 is 5.69 Å². The molecule has 0 saturated carbocycles. The number of aliphatic imine (C=N–C) groups is 1. The van der Waals surface area contributed by atoms with Crippen LogP contribution < -0.4 is 10.6 Å². The monoisotopic (exact) mass is 407 g/mol. The fourth-order valence-electron chi connectivity index (χ4n) is 3.87. The van der Waals surface area contributed by atoms with Gasteiger partial charge in [0.05, 0.1) is 47.4 Å². The first-order valence-electron chi connectivity index (χ1n) is 10.2. The second-order valence-electron chi connectivity index (χ2n) is 8.22. The number of rotatable bonds is 6. The number of halogens is 1. The van der Waals surface area contributed by atoms with E-state index in [1.54, 1.807) is 34.5 Å². The quantitative estimate of drug-likeness (QED) is 0.606. The summed E-state index contributed by atoms with van der Waals surface area (Å²) in [6.45, 7) is 11.9. The smallest absolute Gasteiger partial charge is 0.333 e. The highest BCUT2D eigenvalue weighted by atomic mass is 19.1. The zero-order valence-corrected chi connectivity index (χ0v) is 17.6. The molecule has 0 radical (unpaired) electrons. The summed E-state index contributed by atoms with van der Waals surface area (Å²) in [5, 5.41) is 0. The van der Waals surface area contributed by atoms with E-state index >= 15 is 0 Å². The first-order chi connectivity index (χ1) is 14.3. The molecule has 0 fully saturated rings. The molecule has 0 saturated heterocycles. The van der Waals surface area contributed by atoms with Crippen molar-refractivity contribution < 1.29 is 4.39 Å². The van der Waals surface area contributed by atoms with E-state index in [-0.39, 0.29) is 11.5 Å². The molecule has 2 aromatic heterocycles. The van der Waals surface area contributed by atoms with Crippen molar-refractivity contribution in [1.29, 1.82) is 0 Å². The summed E-state index contributed by atoms with van der Waals surface area (Å²) in [4.78, 5) is 24.2. The molecule has 1 aliphatic heterocycles. The van der Waals surface area contributed by atoms with Crippen LogP contribution in [0.4, 0.5) is 15.8 Å². The van der Waals surface area contributed by atoms with E-state index in [0.29, 0.717) is 30.4 Å². The molecule has 1 aliphatic rings. The van der Waals surface area contributed by atoms with Gasteiger partial charge in [0, 0.05) is 24.5 Å². The van der Waals surface area contributed by atoms with Crippen molar-refractivity contribution in [3.8, 4) is 0 Å². The summed E-state index contributed by atoms with van der Waals surface area (Å²) < 4.78 is 17.1. The number of aromatic nitrogens is 3. The van der Waals surface area contributed by atoms with Gasteiger partial charge in [0.15, 0.2) is 0 Å². The summed E-state index contributed by atoms with van der Waals surface area (Å²) in [5.41, 5.74) is 4.31. The topological polar surface area (TPSA) is 55.4 Å². The number of benzene rings is 1. The Morgan fingerprint density at radius 2 is 2.07 bits per heavy atom. The Morgan fingerprint density at radius 3 is 2.80 bits per heavy atom. The molecule has 0 bridgehead atoms. The Bertz CT molecular complexity index is 1200. The summed E-state index contributed by atoms with van der Waals surface area (Å²) in [7, 11) is 0. The van der Waals surface area contributed by atoms with Crippen LogP contribution in [-0.4, -0.2) is 32.9 Å². The molecule has 4 rings (SSSR count). The highest BCUT2D eigenvalue weighted by Gasteiger charge is 2.22. The van der Waals surface area contributed by atoms with Crippen molar-refractivity contribution in [3.63, 3.8) is 0 Å². The van der Waals surface area contributed by atoms with E-state index in [9.17, 15) is 9.18 Å². The molecule has 30 heavy (non-hydrogen) atoms. The van der Waals surface area contributed by atoms with E-state index in [0.717, 1.165) is 35.4 Å². The first-order valence-corrected chi connectivity index (χ1v) is 10.2. The SMILES string of the molecule is C=C(C)n1c(=O)n(CC2=Nc3cc(F)ccc3N(CCC(C)C)C2)c2cnccc21. The summed E-state index contributed by atoms with van der Waals surface area (Å²) in [6, 6.07) is 6.52. The molecule has 0 amide bonds. The predicted molar refractivity (Wildman–Crippen MR) is 120 cm³/mol. The van der Waals surface area contributed by atoms with Gasteiger partial charge in [0.25, 0.3) is 0 Å². The van der Waals surface area contributed by atoms with Crippen LogP contribution in [0, 0.1) is 11.7 Å². The van der Waals surface area contributed by atoms with Crippen LogP contribution >= 0.6 is 0 Å². The Hall–Kier alpha value is -3.22. The largest absolute Gasteiger partial charge is 0.364 e. The van der Waals surface area contributed by atoms with Crippen molar-refractivity contribution in [2.75, 3.05) is 18.0 Å². The van der Waals surface area contributed by atoms with Crippen molar-refractivity contribution in [2.45, 2.75) is 33.7 Å². The van der Waals surface area contributed by atoms with Crippen LogP contribution in [0.25, 0.3) is 16.7 Å². The number of imidazole rings is 1. The fraction of sp³-hybridized carbons (Fsp3) is 0.348. The zero-order chi connectivity index (χ0) is 21.4. The average Bonchev–Trinajstić information content (AvgIpc) is 2.97. The van der Waals surface area contributed by atoms with Gasteiger partial charge in [-0.05, 0) is 37.5 Å². The molecule has 0 aliphatic carbocycles. The molecule has 3 aromatic rings. The first kappa shape index (κ1) is 20.1. The van der Waals surface area contributed by atoms with E-state index in [2.05, 4.69) is 30.3 Å². The lowest BCUT2D eigenvalue weighted by atomic mass is 10.1. The van der Waals surface area contributed by atoms with Crippen LogP contribution in [0.3, 0.4) is 0 Å². The van der Waals surface area contributed by atoms with Gasteiger partial charge in [-0.2, -0.15) is 0 Å². The van der Waals surface area contributed by atoms with Crippen LogP contribution in [0.15, 0.2) is 53.0 Å². The second-order valence-corrected chi connectivity index (χ2v) is 8.22. The predicted octanol–water partition coefficient (Wildman–Crippen LogP) is 4.47. The van der Waals surface area contributed by atoms with E-state index in [4.69, 9.17) is 4.99 Å². The average molecular weight is 407 g/mol. The second kappa shape index (κ2) is 7.89. The van der Waals surface area contributed by atoms with Crippen LogP contribution in [0.1, 0.15) is 27.2 Å². The lowest BCUT2D eigenvalue weighted by Crippen LogP contribution is -2.37. The lowest BCUT2D eigenvalue weighted by Gasteiger charge is -2.31. The highest BCUT2D eigenvalue weighted by Crippen LogP contribution is 2.33. The number of allylic oxidation sites excluding steroid dienone is 1. The maximum absolute atomic E-state index is 13.9. The number of hydrogen-bond acceptors (Lipinski definition) is 4. The molecule has 1 aromatic carbocycles. The maximum atomic E-state index is 13.9. The zero-order valence-electron chi connectivity index (χ0n) is 17.6. The third-order valence-corrected chi connectivity index (χ3v) is 5.36. The Morgan fingerprint density at radius 1 is 1.27 bits per heavy atom. The Labute approximate surface area is 175 Å². The Kier molecular flexibility index (Phi) is 5.28. The number of fused-ring (bicyclic) bond motifs is 2. The molecule has 0 spiro atoms. The van der Waals surface area contributed by atoms with Gasteiger partial charge in [-0.15, -0.1) is 0 Å². The van der Waals surface area contributed by atoms with Crippen molar-refractivity contribution in [3.05, 3.63) is 59.5 Å². The normalized spacial score (nSPS) is 13.6. The fourth-order valence-corrected chi connectivity index (χ4v) is 3.87. The molecule has 6 nitrogen and oxygen atoms in total. The third kappa shape index (κ3) is 3.67. The van der Waals surface area contributed by atoms with Crippen molar-refractivity contribution >= 4 is 33.8 Å². The van der Waals surface area contributed by atoms with Gasteiger partial charge < -0.3 is 4.90 Å². The summed E-state index contributed by atoms with van der Waals surface area (Å²) >= 11 is 0. The summed E-state index contributed by atoms with van der Waals surface area (Å²) in [6.07, 6.45) is 4.36. The Balaban J connectivity index is 1.76. The van der Waals surface area contributed by atoms with E-state index in [1.165, 1.54) is 12.1 Å². The minimum atomic E-state index is -0.317. The van der Waals surface area contributed by atoms with E-state index < -0.39 is 0 Å². The van der Waals surface area contributed by atoms with Gasteiger partial charge in [-0.3, -0.25) is 19.1 Å². The minimum Gasteiger partial charge on any atom is -0.364 e. The van der Waals surface area contributed by atoms with Crippen LogP contribution in [-0.2, 0) is 6.54 Å². The van der Waals surface area contributed by atoms with Gasteiger partial charge in [0.2, 0.25) is 0 Å². The number of nitrogens with zero attached hydrogens (tertiary/aromatic N) is 5. The van der Waals surface area contributed by atoms with Crippen molar-refractivity contribution in [2.24, 2.45) is 10.9 Å². The number of anilines is 1. The standard InChI is InChI=1S/C23H26FN5O/c1-15(2)8-10-27-13-18(26-19-11-17(24)5-6-20(19)27)14-28-22-12-25-9-7-21(22)29(16(3)4)23(28)30/h5-7,9,11-12,15H,3,8,10,13-14H2,1-2,4H3. The summed E-state index contributed by atoms with van der Waals surface area (Å²) in [5.74, 6) is 0.237. The van der Waals surface area contributed by atoms with E-state index in [1.807, 2.05) is 6.07 Å². The molecule has 156 valence electrons. The molecule has 7 heteroatoms. The number of hydrogen-bond donors (Lipinski definition) is 0. The maximum Gasteiger partial charge on any atom is 0.333 e. The van der Waals surface area contributed by atoms with Crippen LogP contribution in [0.2, 0.25) is 0 Å². The van der Waals surface area contributed by atoms with Gasteiger partial charge in [-0.1, -0.05) is 20.4 Å². The molecule has 0 N–H and O–H groups in total. The molecule has 0 atom stereocenters. The van der Waals surface area contributed by atoms with Crippen molar-refractivity contribution in [1.82, 2.24) is 14.1 Å². The van der Waals surface area contributed by atoms with Gasteiger partial charge in [0.1, 0.15) is 5.82 Å². The third-order valence-electron chi connectivity index (χ3n) is 5.36. The van der Waals surface area contributed by atoms with Gasteiger partial charge in [-0.25, -0.2) is 9.18 Å². The minimum absolute atomic E-state index is 0.174.